The summed E-state index contributed by atoms with van der Waals surface area (Å²) in [5, 5.41) is 15.7. The minimum Gasteiger partial charge on any atom is -0.507 e. The third-order valence-electron chi connectivity index (χ3n) is 2.96. The average molecular weight is 270 g/mol. The predicted octanol–water partition coefficient (Wildman–Crippen LogP) is 2.67. The van der Waals surface area contributed by atoms with E-state index >= 15 is 0 Å². The number of anilines is 1. The van der Waals surface area contributed by atoms with Gasteiger partial charge in [-0.1, -0.05) is 18.2 Å². The first kappa shape index (κ1) is 14.1. The van der Waals surface area contributed by atoms with Crippen LogP contribution < -0.4 is 10.6 Å². The van der Waals surface area contributed by atoms with E-state index in [9.17, 15) is 9.90 Å². The Morgan fingerprint density at radius 1 is 1.20 bits per heavy atom. The van der Waals surface area contributed by atoms with Gasteiger partial charge in [-0.25, -0.2) is 0 Å². The lowest BCUT2D eigenvalue weighted by molar-refractivity contribution is 0.102. The van der Waals surface area contributed by atoms with Gasteiger partial charge < -0.3 is 15.7 Å². The number of phenols is 1. The van der Waals surface area contributed by atoms with Crippen LogP contribution in [0.2, 0.25) is 0 Å². The smallest absolute Gasteiger partial charge is 0.259 e. The lowest BCUT2D eigenvalue weighted by atomic mass is 10.1. The molecule has 0 saturated heterocycles. The first-order valence-corrected chi connectivity index (χ1v) is 6.44. The van der Waals surface area contributed by atoms with Crippen molar-refractivity contribution < 1.29 is 9.90 Å². The summed E-state index contributed by atoms with van der Waals surface area (Å²) in [6.07, 6.45) is 0. The summed E-state index contributed by atoms with van der Waals surface area (Å²) in [6, 6.07) is 12.6. The van der Waals surface area contributed by atoms with Gasteiger partial charge in [-0.2, -0.15) is 0 Å². The number of phenolic OH excluding ortho intramolecular Hbond substituents is 1. The lowest BCUT2D eigenvalue weighted by Crippen LogP contribution is -2.13. The average Bonchev–Trinajstić information content (AvgIpc) is 2.39. The number of rotatable bonds is 4. The number of amides is 1. The van der Waals surface area contributed by atoms with E-state index in [-0.39, 0.29) is 17.2 Å². The van der Waals surface area contributed by atoms with Crippen molar-refractivity contribution in [1.29, 1.82) is 0 Å². The SMILES string of the molecule is CNCc1cccc(NC(=O)c2ccc(C)cc2O)c1. The molecular formula is C16H18N2O2. The summed E-state index contributed by atoms with van der Waals surface area (Å²) >= 11 is 0. The highest BCUT2D eigenvalue weighted by Crippen LogP contribution is 2.20. The molecule has 0 fully saturated rings. The van der Waals surface area contributed by atoms with Crippen molar-refractivity contribution in [2.45, 2.75) is 13.5 Å². The van der Waals surface area contributed by atoms with Gasteiger partial charge in [-0.15, -0.1) is 0 Å². The molecule has 4 heteroatoms. The van der Waals surface area contributed by atoms with Crippen LogP contribution in [0.1, 0.15) is 21.5 Å². The third kappa shape index (κ3) is 3.36. The number of carbonyl (C=O) groups excluding carboxylic acids is 1. The topological polar surface area (TPSA) is 61.4 Å². The summed E-state index contributed by atoms with van der Waals surface area (Å²) in [5.74, 6) is -0.321. The van der Waals surface area contributed by atoms with E-state index in [1.165, 1.54) is 0 Å². The van der Waals surface area contributed by atoms with Gasteiger partial charge in [0, 0.05) is 12.2 Å². The molecule has 104 valence electrons. The molecule has 0 radical (unpaired) electrons. The van der Waals surface area contributed by atoms with E-state index in [4.69, 9.17) is 0 Å². The van der Waals surface area contributed by atoms with E-state index in [1.54, 1.807) is 18.2 Å². The third-order valence-corrected chi connectivity index (χ3v) is 2.96. The zero-order valence-corrected chi connectivity index (χ0v) is 11.6. The van der Waals surface area contributed by atoms with Gasteiger partial charge in [0.25, 0.3) is 5.91 Å². The van der Waals surface area contributed by atoms with Gasteiger partial charge in [0.15, 0.2) is 0 Å². The fourth-order valence-corrected chi connectivity index (χ4v) is 2.00. The van der Waals surface area contributed by atoms with Crippen molar-refractivity contribution in [2.24, 2.45) is 0 Å². The molecule has 2 aromatic rings. The Morgan fingerprint density at radius 2 is 2.00 bits per heavy atom. The van der Waals surface area contributed by atoms with Crippen molar-refractivity contribution in [3.05, 3.63) is 59.2 Å². The van der Waals surface area contributed by atoms with Gasteiger partial charge in [0.2, 0.25) is 0 Å². The maximum atomic E-state index is 12.1. The summed E-state index contributed by atoms with van der Waals surface area (Å²) in [4.78, 5) is 12.1. The number of aromatic hydroxyl groups is 1. The molecule has 0 saturated carbocycles. The Morgan fingerprint density at radius 3 is 2.70 bits per heavy atom. The molecule has 0 aliphatic heterocycles. The summed E-state index contributed by atoms with van der Waals surface area (Å²) in [7, 11) is 1.87. The lowest BCUT2D eigenvalue weighted by Gasteiger charge is -2.09. The molecule has 4 nitrogen and oxygen atoms in total. The van der Waals surface area contributed by atoms with E-state index < -0.39 is 0 Å². The molecule has 0 heterocycles. The predicted molar refractivity (Wildman–Crippen MR) is 80.0 cm³/mol. The number of nitrogens with one attached hydrogen (secondary N) is 2. The number of hydrogen-bond donors (Lipinski definition) is 3. The Hall–Kier alpha value is -2.33. The van der Waals surface area contributed by atoms with Crippen LogP contribution in [0.15, 0.2) is 42.5 Å². The van der Waals surface area contributed by atoms with Crippen molar-refractivity contribution in [3.63, 3.8) is 0 Å². The number of aryl methyl sites for hydroxylation is 1. The van der Waals surface area contributed by atoms with Crippen LogP contribution in [0.3, 0.4) is 0 Å². The molecular weight excluding hydrogens is 252 g/mol. The Labute approximate surface area is 118 Å². The molecule has 20 heavy (non-hydrogen) atoms. The van der Waals surface area contributed by atoms with Crippen LogP contribution >= 0.6 is 0 Å². The maximum Gasteiger partial charge on any atom is 0.259 e. The fourth-order valence-electron chi connectivity index (χ4n) is 2.00. The quantitative estimate of drug-likeness (QED) is 0.800. The molecule has 2 rings (SSSR count). The molecule has 2 aromatic carbocycles. The fraction of sp³-hybridized carbons (Fsp3) is 0.188. The zero-order valence-electron chi connectivity index (χ0n) is 11.6. The standard InChI is InChI=1S/C16H18N2O2/c1-11-6-7-14(15(19)8-11)16(20)18-13-5-3-4-12(9-13)10-17-2/h3-9,17,19H,10H2,1-2H3,(H,18,20). The van der Waals surface area contributed by atoms with Crippen LogP contribution in [0.5, 0.6) is 5.75 Å². The summed E-state index contributed by atoms with van der Waals surface area (Å²) < 4.78 is 0. The van der Waals surface area contributed by atoms with Gasteiger partial charge in [-0.05, 0) is 49.4 Å². The van der Waals surface area contributed by atoms with Crippen LogP contribution in [0.25, 0.3) is 0 Å². The normalized spacial score (nSPS) is 10.3. The molecule has 3 N–H and O–H groups in total. The second-order valence-electron chi connectivity index (χ2n) is 4.71. The molecule has 0 bridgehead atoms. The van der Waals surface area contributed by atoms with E-state index in [2.05, 4.69) is 10.6 Å². The van der Waals surface area contributed by atoms with E-state index in [1.807, 2.05) is 38.2 Å². The Balaban J connectivity index is 2.17. The van der Waals surface area contributed by atoms with Gasteiger partial charge >= 0.3 is 0 Å². The highest BCUT2D eigenvalue weighted by Gasteiger charge is 2.11. The van der Waals surface area contributed by atoms with Gasteiger partial charge in [-0.3, -0.25) is 4.79 Å². The van der Waals surface area contributed by atoms with Crippen LogP contribution in [0.4, 0.5) is 5.69 Å². The first-order valence-electron chi connectivity index (χ1n) is 6.44. The monoisotopic (exact) mass is 270 g/mol. The Bertz CT molecular complexity index is 624. The molecule has 0 aliphatic carbocycles. The minimum absolute atomic E-state index is 0.00567. The van der Waals surface area contributed by atoms with Crippen molar-refractivity contribution in [1.82, 2.24) is 5.32 Å². The van der Waals surface area contributed by atoms with Crippen molar-refractivity contribution >= 4 is 11.6 Å². The van der Waals surface area contributed by atoms with Crippen molar-refractivity contribution in [3.8, 4) is 5.75 Å². The number of hydrogen-bond acceptors (Lipinski definition) is 3. The molecule has 0 atom stereocenters. The maximum absolute atomic E-state index is 12.1. The largest absolute Gasteiger partial charge is 0.507 e. The molecule has 0 aromatic heterocycles. The van der Waals surface area contributed by atoms with Crippen LogP contribution in [-0.4, -0.2) is 18.1 Å². The van der Waals surface area contributed by atoms with E-state index in [0.29, 0.717) is 5.69 Å². The second-order valence-corrected chi connectivity index (χ2v) is 4.71. The minimum atomic E-state index is -0.316. The van der Waals surface area contributed by atoms with Gasteiger partial charge in [0.1, 0.15) is 5.75 Å². The molecule has 1 amide bonds. The molecule has 0 spiro atoms. The second kappa shape index (κ2) is 6.21. The molecule has 0 unspecified atom stereocenters. The van der Waals surface area contributed by atoms with Gasteiger partial charge in [0.05, 0.1) is 5.56 Å². The van der Waals surface area contributed by atoms with Crippen molar-refractivity contribution in [2.75, 3.05) is 12.4 Å². The highest BCUT2D eigenvalue weighted by atomic mass is 16.3. The number of benzene rings is 2. The molecule has 0 aliphatic rings. The van der Waals surface area contributed by atoms with Crippen LogP contribution in [-0.2, 0) is 6.54 Å². The Kier molecular flexibility index (Phi) is 4.38. The first-order chi connectivity index (χ1) is 9.60. The number of carbonyl (C=O) groups is 1. The van der Waals surface area contributed by atoms with E-state index in [0.717, 1.165) is 17.7 Å². The highest BCUT2D eigenvalue weighted by molar-refractivity contribution is 6.06. The summed E-state index contributed by atoms with van der Waals surface area (Å²) in [5.41, 5.74) is 2.98. The van der Waals surface area contributed by atoms with Crippen LogP contribution in [0, 0.1) is 6.92 Å². The zero-order chi connectivity index (χ0) is 14.5. The summed E-state index contributed by atoms with van der Waals surface area (Å²) in [6.45, 7) is 2.60.